The summed E-state index contributed by atoms with van der Waals surface area (Å²) >= 11 is 0. The largest absolute Gasteiger partial charge is 0.464 e. The number of hydrogen-bond donors (Lipinski definition) is 2. The summed E-state index contributed by atoms with van der Waals surface area (Å²) in [6.45, 7) is -0.298. The number of nitro groups is 1. The van der Waals surface area contributed by atoms with Crippen LogP contribution < -0.4 is 15.4 Å². The van der Waals surface area contributed by atoms with Crippen molar-refractivity contribution in [2.24, 2.45) is 7.05 Å². The molecule has 1 aromatic carbocycles. The third-order valence-corrected chi connectivity index (χ3v) is 3.86. The van der Waals surface area contributed by atoms with Crippen LogP contribution in [0, 0.1) is 15.9 Å². The van der Waals surface area contributed by atoms with Crippen molar-refractivity contribution >= 4 is 23.2 Å². The van der Waals surface area contributed by atoms with E-state index in [9.17, 15) is 24.1 Å². The highest BCUT2D eigenvalue weighted by Gasteiger charge is 2.19. The van der Waals surface area contributed by atoms with E-state index in [2.05, 4.69) is 20.8 Å². The minimum Gasteiger partial charge on any atom is -0.464 e. The Kier molecular flexibility index (Phi) is 5.71. The maximum Gasteiger partial charge on any atom is 0.311 e. The molecule has 0 aliphatic rings. The lowest BCUT2D eigenvalue weighted by Crippen LogP contribution is -2.21. The number of benzene rings is 1. The standard InChI is InChI=1S/C17H16FN7O5/c1-19-17(27)15-12(8-23(2)22-15)20-16(26)11-5-6-24(21-11)9-30-14-7-10(18)3-4-13(14)25(28)29/h3-8H,9H2,1-2H3,(H,19,27)(H,20,26). The Labute approximate surface area is 168 Å². The third-order valence-electron chi connectivity index (χ3n) is 3.86. The van der Waals surface area contributed by atoms with Gasteiger partial charge in [-0.2, -0.15) is 10.2 Å². The molecule has 0 saturated carbocycles. The maximum absolute atomic E-state index is 13.4. The van der Waals surface area contributed by atoms with Gasteiger partial charge < -0.3 is 15.4 Å². The van der Waals surface area contributed by atoms with Crippen molar-refractivity contribution in [3.05, 3.63) is 64.0 Å². The first-order valence-corrected chi connectivity index (χ1v) is 8.45. The molecule has 0 saturated heterocycles. The van der Waals surface area contributed by atoms with E-state index in [1.165, 1.54) is 34.9 Å². The van der Waals surface area contributed by atoms with E-state index < -0.39 is 28.2 Å². The third kappa shape index (κ3) is 4.40. The molecular formula is C17H16FN7O5. The van der Waals surface area contributed by atoms with Gasteiger partial charge >= 0.3 is 5.69 Å². The lowest BCUT2D eigenvalue weighted by molar-refractivity contribution is -0.386. The topological polar surface area (TPSA) is 146 Å². The average Bonchev–Trinajstić information content (AvgIpc) is 3.32. The van der Waals surface area contributed by atoms with Gasteiger partial charge in [0.2, 0.25) is 5.75 Å². The van der Waals surface area contributed by atoms with Gasteiger partial charge in [0.1, 0.15) is 5.82 Å². The summed E-state index contributed by atoms with van der Waals surface area (Å²) in [5, 5.41) is 24.0. The highest BCUT2D eigenvalue weighted by molar-refractivity contribution is 6.07. The molecular weight excluding hydrogens is 401 g/mol. The highest BCUT2D eigenvalue weighted by Crippen LogP contribution is 2.27. The molecule has 0 fully saturated rings. The zero-order valence-corrected chi connectivity index (χ0v) is 15.8. The summed E-state index contributed by atoms with van der Waals surface area (Å²) in [4.78, 5) is 34.6. The van der Waals surface area contributed by atoms with Gasteiger partial charge in [-0.3, -0.25) is 24.4 Å². The molecule has 0 radical (unpaired) electrons. The molecule has 12 nitrogen and oxygen atoms in total. The molecule has 13 heteroatoms. The zero-order chi connectivity index (χ0) is 21.8. The quantitative estimate of drug-likeness (QED) is 0.435. The lowest BCUT2D eigenvalue weighted by Gasteiger charge is -2.07. The number of carbonyl (C=O) groups is 2. The molecule has 156 valence electrons. The second-order valence-electron chi connectivity index (χ2n) is 5.98. The summed E-state index contributed by atoms with van der Waals surface area (Å²) in [6, 6.07) is 4.21. The van der Waals surface area contributed by atoms with E-state index in [1.807, 2.05) is 0 Å². The molecule has 2 heterocycles. The average molecular weight is 417 g/mol. The first kappa shape index (κ1) is 20.4. The fourth-order valence-electron chi connectivity index (χ4n) is 2.50. The second kappa shape index (κ2) is 8.38. The van der Waals surface area contributed by atoms with Gasteiger partial charge in [-0.25, -0.2) is 9.07 Å². The Morgan fingerprint density at radius 1 is 1.27 bits per heavy atom. The van der Waals surface area contributed by atoms with Gasteiger partial charge in [0.15, 0.2) is 18.1 Å². The van der Waals surface area contributed by atoms with Crippen LogP contribution in [0.5, 0.6) is 5.75 Å². The van der Waals surface area contributed by atoms with Crippen LogP contribution in [0.3, 0.4) is 0 Å². The van der Waals surface area contributed by atoms with Gasteiger partial charge in [-0.05, 0) is 12.1 Å². The van der Waals surface area contributed by atoms with Crippen LogP contribution in [0.2, 0.25) is 0 Å². The van der Waals surface area contributed by atoms with E-state index in [1.54, 1.807) is 7.05 Å². The number of ether oxygens (including phenoxy) is 1. The molecule has 0 unspecified atom stereocenters. The minimum atomic E-state index is -0.700. The predicted molar refractivity (Wildman–Crippen MR) is 100 cm³/mol. The van der Waals surface area contributed by atoms with Gasteiger partial charge in [-0.15, -0.1) is 0 Å². The molecule has 3 rings (SSSR count). The van der Waals surface area contributed by atoms with Crippen molar-refractivity contribution in [3.8, 4) is 5.75 Å². The number of nitrogens with one attached hydrogen (secondary N) is 2. The van der Waals surface area contributed by atoms with E-state index >= 15 is 0 Å². The molecule has 0 atom stereocenters. The van der Waals surface area contributed by atoms with Crippen LogP contribution in [0.15, 0.2) is 36.7 Å². The Hall–Kier alpha value is -4.29. The molecule has 2 N–H and O–H groups in total. The van der Waals surface area contributed by atoms with Crippen molar-refractivity contribution in [2.45, 2.75) is 6.73 Å². The first-order chi connectivity index (χ1) is 14.3. The number of anilines is 1. The molecule has 2 amide bonds. The van der Waals surface area contributed by atoms with Crippen molar-refractivity contribution < 1.29 is 23.6 Å². The lowest BCUT2D eigenvalue weighted by atomic mass is 10.3. The van der Waals surface area contributed by atoms with Gasteiger partial charge in [0.25, 0.3) is 11.8 Å². The van der Waals surface area contributed by atoms with Crippen molar-refractivity contribution in [1.82, 2.24) is 24.9 Å². The van der Waals surface area contributed by atoms with Crippen LogP contribution in [-0.2, 0) is 13.8 Å². The fourth-order valence-corrected chi connectivity index (χ4v) is 2.50. The molecule has 0 aliphatic carbocycles. The number of amides is 2. The summed E-state index contributed by atoms with van der Waals surface area (Å²) in [7, 11) is 3.03. The SMILES string of the molecule is CNC(=O)c1nn(C)cc1NC(=O)c1ccn(COc2cc(F)ccc2[N+](=O)[O-])n1. The van der Waals surface area contributed by atoms with E-state index in [0.29, 0.717) is 0 Å². The number of rotatable bonds is 7. The summed E-state index contributed by atoms with van der Waals surface area (Å²) < 4.78 is 21.2. The Morgan fingerprint density at radius 2 is 2.03 bits per heavy atom. The van der Waals surface area contributed by atoms with Crippen LogP contribution in [0.25, 0.3) is 0 Å². The summed E-state index contributed by atoms with van der Waals surface area (Å²) in [5.41, 5.74) is -0.170. The molecule has 2 aromatic heterocycles. The predicted octanol–water partition coefficient (Wildman–Crippen LogP) is 1.31. The van der Waals surface area contributed by atoms with Crippen molar-refractivity contribution in [1.29, 1.82) is 0 Å². The normalized spacial score (nSPS) is 10.5. The molecule has 3 aromatic rings. The maximum atomic E-state index is 13.4. The highest BCUT2D eigenvalue weighted by atomic mass is 19.1. The van der Waals surface area contributed by atoms with Crippen LogP contribution in [-0.4, -0.2) is 43.3 Å². The van der Waals surface area contributed by atoms with Crippen LogP contribution >= 0.6 is 0 Å². The Balaban J connectivity index is 1.70. The van der Waals surface area contributed by atoms with Crippen LogP contribution in [0.4, 0.5) is 15.8 Å². The van der Waals surface area contributed by atoms with Gasteiger partial charge in [0, 0.05) is 38.6 Å². The first-order valence-electron chi connectivity index (χ1n) is 8.45. The second-order valence-corrected chi connectivity index (χ2v) is 5.98. The fraction of sp³-hybridized carbons (Fsp3) is 0.176. The monoisotopic (exact) mass is 417 g/mol. The van der Waals surface area contributed by atoms with Crippen molar-refractivity contribution in [2.75, 3.05) is 12.4 Å². The number of nitro benzene ring substituents is 1. The molecule has 0 spiro atoms. The van der Waals surface area contributed by atoms with Gasteiger partial charge in [-0.1, -0.05) is 0 Å². The van der Waals surface area contributed by atoms with E-state index in [4.69, 9.17) is 4.74 Å². The Bertz CT molecular complexity index is 1120. The Morgan fingerprint density at radius 3 is 2.73 bits per heavy atom. The molecule has 0 aliphatic heterocycles. The summed E-state index contributed by atoms with van der Waals surface area (Å²) in [5.74, 6) is -2.04. The number of nitrogens with zero attached hydrogens (tertiary/aromatic N) is 5. The number of hydrogen-bond acceptors (Lipinski definition) is 7. The van der Waals surface area contributed by atoms with Gasteiger partial charge in [0.05, 0.1) is 10.6 Å². The summed E-state index contributed by atoms with van der Waals surface area (Å²) in [6.07, 6.45) is 2.87. The van der Waals surface area contributed by atoms with Crippen LogP contribution in [0.1, 0.15) is 21.0 Å². The van der Waals surface area contributed by atoms with Crippen molar-refractivity contribution in [3.63, 3.8) is 0 Å². The molecule has 30 heavy (non-hydrogen) atoms. The number of halogens is 1. The van der Waals surface area contributed by atoms with E-state index in [0.717, 1.165) is 18.2 Å². The van der Waals surface area contributed by atoms with E-state index in [-0.39, 0.29) is 29.6 Å². The smallest absolute Gasteiger partial charge is 0.311 e. The number of aryl methyl sites for hydroxylation is 1. The minimum absolute atomic E-state index is 0.000878. The molecule has 0 bridgehead atoms. The number of carbonyl (C=O) groups excluding carboxylic acids is 2. The zero-order valence-electron chi connectivity index (χ0n) is 15.8. The number of aromatic nitrogens is 4.